The van der Waals surface area contributed by atoms with Crippen molar-refractivity contribution in [1.82, 2.24) is 15.0 Å². The molecule has 1 aromatic heterocycles. The molecule has 22 heavy (non-hydrogen) atoms. The number of rotatable bonds is 6. The lowest BCUT2D eigenvalue weighted by Gasteiger charge is -2.21. The number of aromatic nitrogens is 2. The summed E-state index contributed by atoms with van der Waals surface area (Å²) >= 11 is 6.00. The third-order valence-electron chi connectivity index (χ3n) is 3.84. The second kappa shape index (κ2) is 7.22. The largest absolute Gasteiger partial charge is 0.377 e. The van der Waals surface area contributed by atoms with Gasteiger partial charge in [-0.05, 0) is 31.5 Å². The molecule has 1 fully saturated rings. The van der Waals surface area contributed by atoms with Crippen molar-refractivity contribution >= 4 is 11.6 Å². The number of nitrogens with zero attached hydrogens (tertiary/aromatic N) is 3. The van der Waals surface area contributed by atoms with E-state index in [0.717, 1.165) is 38.1 Å². The van der Waals surface area contributed by atoms with E-state index in [9.17, 15) is 0 Å². The third-order valence-corrected chi connectivity index (χ3v) is 4.08. The number of ether oxygens (including phenoxy) is 1. The predicted molar refractivity (Wildman–Crippen MR) is 84.7 cm³/mol. The topological polar surface area (TPSA) is 51.4 Å². The fourth-order valence-electron chi connectivity index (χ4n) is 2.64. The lowest BCUT2D eigenvalue weighted by molar-refractivity contribution is 0.0689. The third kappa shape index (κ3) is 3.85. The summed E-state index contributed by atoms with van der Waals surface area (Å²) < 4.78 is 11.1. The van der Waals surface area contributed by atoms with Crippen molar-refractivity contribution in [1.29, 1.82) is 0 Å². The molecule has 0 aliphatic carbocycles. The smallest absolute Gasteiger partial charge is 0.241 e. The molecule has 0 amide bonds. The zero-order valence-corrected chi connectivity index (χ0v) is 13.4. The van der Waals surface area contributed by atoms with Crippen molar-refractivity contribution in [3.63, 3.8) is 0 Å². The van der Waals surface area contributed by atoms with Gasteiger partial charge in [0.2, 0.25) is 11.7 Å². The van der Waals surface area contributed by atoms with Crippen LogP contribution in [0.4, 0.5) is 0 Å². The van der Waals surface area contributed by atoms with Crippen LogP contribution in [0.5, 0.6) is 0 Å². The summed E-state index contributed by atoms with van der Waals surface area (Å²) in [7, 11) is 0. The van der Waals surface area contributed by atoms with Crippen LogP contribution in [0.25, 0.3) is 11.4 Å². The molecule has 0 N–H and O–H groups in total. The predicted octanol–water partition coefficient (Wildman–Crippen LogP) is 3.39. The molecule has 1 saturated heterocycles. The van der Waals surface area contributed by atoms with E-state index in [-0.39, 0.29) is 0 Å². The lowest BCUT2D eigenvalue weighted by Crippen LogP contribution is -2.31. The van der Waals surface area contributed by atoms with E-state index >= 15 is 0 Å². The molecular formula is C16H20ClN3O2. The molecule has 2 aromatic rings. The fraction of sp³-hybridized carbons (Fsp3) is 0.500. The first-order valence-corrected chi connectivity index (χ1v) is 8.05. The highest BCUT2D eigenvalue weighted by Gasteiger charge is 2.20. The molecule has 0 spiro atoms. The van der Waals surface area contributed by atoms with Crippen LogP contribution in [-0.4, -0.2) is 40.8 Å². The van der Waals surface area contributed by atoms with Gasteiger partial charge in [0, 0.05) is 23.7 Å². The Labute approximate surface area is 135 Å². The Morgan fingerprint density at radius 2 is 2.32 bits per heavy atom. The second-order valence-corrected chi connectivity index (χ2v) is 5.92. The molecule has 0 bridgehead atoms. The van der Waals surface area contributed by atoms with Crippen LogP contribution in [0, 0.1) is 0 Å². The van der Waals surface area contributed by atoms with E-state index in [4.69, 9.17) is 20.9 Å². The molecule has 0 saturated carbocycles. The molecule has 118 valence electrons. The average Bonchev–Trinajstić information content (AvgIpc) is 3.18. The van der Waals surface area contributed by atoms with Gasteiger partial charge in [0.15, 0.2) is 0 Å². The Morgan fingerprint density at radius 1 is 1.41 bits per heavy atom. The Kier molecular flexibility index (Phi) is 5.08. The summed E-state index contributed by atoms with van der Waals surface area (Å²) in [6.07, 6.45) is 2.62. The van der Waals surface area contributed by atoms with Crippen LogP contribution < -0.4 is 0 Å². The van der Waals surface area contributed by atoms with Crippen LogP contribution in [0.3, 0.4) is 0 Å². The van der Waals surface area contributed by atoms with Gasteiger partial charge < -0.3 is 9.26 Å². The van der Waals surface area contributed by atoms with E-state index in [0.29, 0.717) is 29.4 Å². The van der Waals surface area contributed by atoms with Crippen molar-refractivity contribution in [2.75, 3.05) is 19.7 Å². The van der Waals surface area contributed by atoms with Gasteiger partial charge in [0.1, 0.15) is 0 Å². The monoisotopic (exact) mass is 321 g/mol. The lowest BCUT2D eigenvalue weighted by atomic mass is 10.2. The van der Waals surface area contributed by atoms with Crippen LogP contribution >= 0.6 is 11.6 Å². The van der Waals surface area contributed by atoms with Crippen molar-refractivity contribution in [2.24, 2.45) is 0 Å². The summed E-state index contributed by atoms with van der Waals surface area (Å²) in [6, 6.07) is 7.46. The molecular weight excluding hydrogens is 302 g/mol. The van der Waals surface area contributed by atoms with Crippen molar-refractivity contribution in [3.05, 3.63) is 35.2 Å². The standard InChI is InChI=1S/C16H20ClN3O2/c1-2-20(10-14-7-4-8-21-14)11-15-18-16(19-22-15)12-5-3-6-13(17)9-12/h3,5-6,9,14H,2,4,7-8,10-11H2,1H3/t14-/m0/s1. The second-order valence-electron chi connectivity index (χ2n) is 5.48. The van der Waals surface area contributed by atoms with E-state index < -0.39 is 0 Å². The van der Waals surface area contributed by atoms with Gasteiger partial charge >= 0.3 is 0 Å². The summed E-state index contributed by atoms with van der Waals surface area (Å²) in [6.45, 7) is 5.48. The van der Waals surface area contributed by atoms with Crippen LogP contribution in [0.15, 0.2) is 28.8 Å². The maximum absolute atomic E-state index is 6.00. The van der Waals surface area contributed by atoms with E-state index in [1.165, 1.54) is 0 Å². The average molecular weight is 322 g/mol. The Balaban J connectivity index is 1.65. The number of hydrogen-bond donors (Lipinski definition) is 0. The highest BCUT2D eigenvalue weighted by molar-refractivity contribution is 6.30. The molecule has 2 heterocycles. The zero-order chi connectivity index (χ0) is 15.4. The minimum absolute atomic E-state index is 0.329. The Morgan fingerprint density at radius 3 is 3.05 bits per heavy atom. The summed E-state index contributed by atoms with van der Waals surface area (Å²) in [5, 5.41) is 4.71. The maximum atomic E-state index is 6.00. The van der Waals surface area contributed by atoms with Crippen molar-refractivity contribution in [3.8, 4) is 11.4 Å². The fourth-order valence-corrected chi connectivity index (χ4v) is 2.83. The van der Waals surface area contributed by atoms with Crippen molar-refractivity contribution in [2.45, 2.75) is 32.4 Å². The van der Waals surface area contributed by atoms with Gasteiger partial charge in [-0.1, -0.05) is 35.8 Å². The molecule has 1 atom stereocenters. The molecule has 0 unspecified atom stereocenters. The maximum Gasteiger partial charge on any atom is 0.241 e. The van der Waals surface area contributed by atoms with E-state index in [1.54, 1.807) is 0 Å². The van der Waals surface area contributed by atoms with Gasteiger partial charge in [-0.15, -0.1) is 0 Å². The van der Waals surface area contributed by atoms with Gasteiger partial charge in [-0.2, -0.15) is 4.98 Å². The van der Waals surface area contributed by atoms with Gasteiger partial charge in [0.05, 0.1) is 12.6 Å². The number of hydrogen-bond acceptors (Lipinski definition) is 5. The summed E-state index contributed by atoms with van der Waals surface area (Å²) in [4.78, 5) is 6.73. The highest BCUT2D eigenvalue weighted by Crippen LogP contribution is 2.20. The van der Waals surface area contributed by atoms with Crippen molar-refractivity contribution < 1.29 is 9.26 Å². The van der Waals surface area contributed by atoms with Gasteiger partial charge in [-0.25, -0.2) is 0 Å². The first-order valence-electron chi connectivity index (χ1n) is 7.67. The first kappa shape index (κ1) is 15.5. The minimum Gasteiger partial charge on any atom is -0.377 e. The van der Waals surface area contributed by atoms with Crippen LogP contribution in [0.2, 0.25) is 5.02 Å². The SMILES string of the molecule is CCN(Cc1nc(-c2cccc(Cl)c2)no1)C[C@@H]1CCCO1. The molecule has 0 radical (unpaired) electrons. The Bertz CT molecular complexity index is 611. The number of halogens is 1. The quantitative estimate of drug-likeness (QED) is 0.816. The molecule has 1 aromatic carbocycles. The zero-order valence-electron chi connectivity index (χ0n) is 12.7. The van der Waals surface area contributed by atoms with Crippen LogP contribution in [0.1, 0.15) is 25.7 Å². The number of likely N-dealkylation sites (N-methyl/N-ethyl adjacent to an activating group) is 1. The molecule has 1 aliphatic heterocycles. The van der Waals surface area contributed by atoms with Gasteiger partial charge in [0.25, 0.3) is 0 Å². The molecule has 5 nitrogen and oxygen atoms in total. The number of benzene rings is 1. The van der Waals surface area contributed by atoms with E-state index in [1.807, 2.05) is 24.3 Å². The minimum atomic E-state index is 0.329. The first-order chi connectivity index (χ1) is 10.7. The molecule has 6 heteroatoms. The molecule has 3 rings (SSSR count). The normalized spacial score (nSPS) is 18.2. The van der Waals surface area contributed by atoms with Gasteiger partial charge in [-0.3, -0.25) is 4.90 Å². The Hall–Kier alpha value is -1.43. The summed E-state index contributed by atoms with van der Waals surface area (Å²) in [5.74, 6) is 1.19. The highest BCUT2D eigenvalue weighted by atomic mass is 35.5. The van der Waals surface area contributed by atoms with Crippen LogP contribution in [-0.2, 0) is 11.3 Å². The summed E-state index contributed by atoms with van der Waals surface area (Å²) in [5.41, 5.74) is 0.865. The molecule has 1 aliphatic rings. The van der Waals surface area contributed by atoms with E-state index in [2.05, 4.69) is 22.0 Å².